The number of hydrogen-bond acceptors (Lipinski definition) is 4. The highest BCUT2D eigenvalue weighted by Gasteiger charge is 2.27. The Hall–Kier alpha value is -3.19. The molecule has 0 spiro atoms. The van der Waals surface area contributed by atoms with E-state index < -0.39 is 11.6 Å². The third-order valence-corrected chi connectivity index (χ3v) is 7.27. The van der Waals surface area contributed by atoms with Gasteiger partial charge in [-0.25, -0.2) is 18.3 Å². The number of fused-ring (bicyclic) bond motifs is 1. The van der Waals surface area contributed by atoms with Gasteiger partial charge in [0.2, 0.25) is 0 Å². The first-order valence-electron chi connectivity index (χ1n) is 12.1. The summed E-state index contributed by atoms with van der Waals surface area (Å²) in [5.74, 6) is 0.254. The standard InChI is InChI=1S/C27H27F2N5/c28-23-11-18(16-4-5-16)12-24(29)27(23)25-7-6-21-15-32-26(34(21)33-25)13-19-14-31-9-8-22(19)17-2-1-3-20(30)10-17/h6-9,11-12,14-17,20H,1-5,10,13,30H2/t17-,20+/m1/s1. The molecule has 0 aliphatic heterocycles. The van der Waals surface area contributed by atoms with Crippen molar-refractivity contribution in [2.45, 2.75) is 62.8 Å². The predicted molar refractivity (Wildman–Crippen MR) is 127 cm³/mol. The molecule has 2 saturated carbocycles. The summed E-state index contributed by atoms with van der Waals surface area (Å²) in [5, 5.41) is 4.60. The SMILES string of the molecule is N[C@H]1CCC[C@@H](c2ccncc2Cc2ncc3ccc(-c4c(F)cc(C5CC5)cc4F)nn23)C1. The van der Waals surface area contributed by atoms with Gasteiger partial charge in [0.05, 0.1) is 23.0 Å². The molecule has 6 rings (SSSR count). The summed E-state index contributed by atoms with van der Waals surface area (Å²) in [6.45, 7) is 0. The molecule has 1 aromatic carbocycles. The van der Waals surface area contributed by atoms with E-state index in [1.54, 1.807) is 22.8 Å². The maximum atomic E-state index is 14.9. The second-order valence-corrected chi connectivity index (χ2v) is 9.74. The molecule has 2 aliphatic carbocycles. The van der Waals surface area contributed by atoms with Crippen LogP contribution in [0.4, 0.5) is 8.78 Å². The van der Waals surface area contributed by atoms with E-state index in [2.05, 4.69) is 21.1 Å². The van der Waals surface area contributed by atoms with Crippen LogP contribution in [0.25, 0.3) is 16.8 Å². The van der Waals surface area contributed by atoms with Gasteiger partial charge in [-0.1, -0.05) is 6.42 Å². The van der Waals surface area contributed by atoms with Gasteiger partial charge >= 0.3 is 0 Å². The molecular formula is C27H27F2N5. The van der Waals surface area contributed by atoms with Crippen LogP contribution in [0.1, 0.15) is 72.9 Å². The van der Waals surface area contributed by atoms with E-state index in [0.29, 0.717) is 18.2 Å². The zero-order valence-electron chi connectivity index (χ0n) is 18.9. The number of hydrogen-bond donors (Lipinski definition) is 1. The van der Waals surface area contributed by atoms with Crippen LogP contribution >= 0.6 is 0 Å². The van der Waals surface area contributed by atoms with E-state index in [4.69, 9.17) is 5.73 Å². The van der Waals surface area contributed by atoms with E-state index in [1.807, 2.05) is 12.4 Å². The molecule has 174 valence electrons. The number of benzene rings is 1. The Morgan fingerprint density at radius 2 is 1.79 bits per heavy atom. The molecule has 0 amide bonds. The average molecular weight is 460 g/mol. The fourth-order valence-electron chi connectivity index (χ4n) is 5.34. The van der Waals surface area contributed by atoms with Gasteiger partial charge in [0.25, 0.3) is 0 Å². The number of pyridine rings is 1. The summed E-state index contributed by atoms with van der Waals surface area (Å²) in [7, 11) is 0. The minimum atomic E-state index is -0.571. The van der Waals surface area contributed by atoms with Crippen LogP contribution in [0.5, 0.6) is 0 Å². The Bertz CT molecular complexity index is 1340. The fraction of sp³-hybridized carbons (Fsp3) is 0.370. The van der Waals surface area contributed by atoms with Gasteiger partial charge in [-0.2, -0.15) is 5.10 Å². The Kier molecular flexibility index (Phi) is 5.37. The van der Waals surface area contributed by atoms with Crippen LogP contribution in [-0.4, -0.2) is 25.6 Å². The molecule has 0 bridgehead atoms. The third kappa shape index (κ3) is 3.98. The van der Waals surface area contributed by atoms with Crippen molar-refractivity contribution in [1.29, 1.82) is 0 Å². The van der Waals surface area contributed by atoms with Crippen molar-refractivity contribution in [2.24, 2.45) is 5.73 Å². The first-order chi connectivity index (χ1) is 16.6. The van der Waals surface area contributed by atoms with Crippen molar-refractivity contribution in [1.82, 2.24) is 19.6 Å². The van der Waals surface area contributed by atoms with Crippen LogP contribution in [0.15, 0.2) is 48.9 Å². The normalized spacial score (nSPS) is 20.7. The average Bonchev–Trinajstić information content (AvgIpc) is 3.61. The summed E-state index contributed by atoms with van der Waals surface area (Å²) >= 11 is 0. The molecule has 3 heterocycles. The van der Waals surface area contributed by atoms with Crippen LogP contribution in [0.3, 0.4) is 0 Å². The van der Waals surface area contributed by atoms with E-state index in [1.165, 1.54) is 17.7 Å². The second kappa shape index (κ2) is 8.55. The number of nitrogens with two attached hydrogens (primary N) is 1. The van der Waals surface area contributed by atoms with E-state index in [0.717, 1.165) is 55.2 Å². The summed E-state index contributed by atoms with van der Waals surface area (Å²) < 4.78 is 31.5. The number of imidazole rings is 1. The Labute approximate surface area is 197 Å². The fourth-order valence-corrected chi connectivity index (χ4v) is 5.34. The molecule has 4 aromatic rings. The lowest BCUT2D eigenvalue weighted by Crippen LogP contribution is -2.27. The Morgan fingerprint density at radius 1 is 0.971 bits per heavy atom. The zero-order valence-corrected chi connectivity index (χ0v) is 18.9. The highest BCUT2D eigenvalue weighted by atomic mass is 19.1. The molecular weight excluding hydrogens is 432 g/mol. The molecule has 0 saturated heterocycles. The molecule has 34 heavy (non-hydrogen) atoms. The summed E-state index contributed by atoms with van der Waals surface area (Å²) in [6.07, 6.45) is 12.2. The molecule has 7 heteroatoms. The number of aromatic nitrogens is 4. The quantitative estimate of drug-likeness (QED) is 0.427. The lowest BCUT2D eigenvalue weighted by molar-refractivity contribution is 0.392. The predicted octanol–water partition coefficient (Wildman–Crippen LogP) is 5.52. The van der Waals surface area contributed by atoms with Crippen molar-refractivity contribution in [3.05, 3.63) is 83.1 Å². The van der Waals surface area contributed by atoms with Gasteiger partial charge in [-0.3, -0.25) is 4.98 Å². The molecule has 0 unspecified atom stereocenters. The van der Waals surface area contributed by atoms with Crippen LogP contribution in [0.2, 0.25) is 0 Å². The van der Waals surface area contributed by atoms with Gasteiger partial charge in [-0.15, -0.1) is 0 Å². The number of nitrogens with zero attached hydrogens (tertiary/aromatic N) is 4. The lowest BCUT2D eigenvalue weighted by atomic mass is 9.80. The van der Waals surface area contributed by atoms with Crippen molar-refractivity contribution in [2.75, 3.05) is 0 Å². The van der Waals surface area contributed by atoms with Crippen molar-refractivity contribution >= 4 is 5.52 Å². The molecule has 5 nitrogen and oxygen atoms in total. The molecule has 2 N–H and O–H groups in total. The number of halogens is 2. The van der Waals surface area contributed by atoms with Crippen LogP contribution in [-0.2, 0) is 6.42 Å². The van der Waals surface area contributed by atoms with Crippen LogP contribution < -0.4 is 5.73 Å². The first kappa shape index (κ1) is 21.4. The molecule has 2 aliphatic rings. The van der Waals surface area contributed by atoms with E-state index >= 15 is 0 Å². The minimum absolute atomic E-state index is 0.0933. The monoisotopic (exact) mass is 459 g/mol. The van der Waals surface area contributed by atoms with E-state index in [-0.39, 0.29) is 23.2 Å². The molecule has 0 radical (unpaired) electrons. The number of rotatable bonds is 5. The minimum Gasteiger partial charge on any atom is -0.328 e. The van der Waals surface area contributed by atoms with E-state index in [9.17, 15) is 8.78 Å². The summed E-state index contributed by atoms with van der Waals surface area (Å²) in [4.78, 5) is 8.93. The highest BCUT2D eigenvalue weighted by molar-refractivity contribution is 5.63. The van der Waals surface area contributed by atoms with Crippen molar-refractivity contribution in [3.8, 4) is 11.3 Å². The molecule has 2 atom stereocenters. The first-order valence-corrected chi connectivity index (χ1v) is 12.1. The van der Waals surface area contributed by atoms with Crippen LogP contribution in [0, 0.1) is 11.6 Å². The van der Waals surface area contributed by atoms with Gasteiger partial charge in [-0.05, 0) is 91.0 Å². The Balaban J connectivity index is 1.36. The summed E-state index contributed by atoms with van der Waals surface area (Å²) in [6, 6.07) is 8.67. The largest absolute Gasteiger partial charge is 0.328 e. The smallest absolute Gasteiger partial charge is 0.135 e. The molecule has 2 fully saturated rings. The topological polar surface area (TPSA) is 69.1 Å². The van der Waals surface area contributed by atoms with Gasteiger partial charge in [0.1, 0.15) is 17.5 Å². The van der Waals surface area contributed by atoms with Gasteiger partial charge in [0.15, 0.2) is 0 Å². The second-order valence-electron chi connectivity index (χ2n) is 9.74. The van der Waals surface area contributed by atoms with Gasteiger partial charge < -0.3 is 5.73 Å². The maximum Gasteiger partial charge on any atom is 0.135 e. The highest BCUT2D eigenvalue weighted by Crippen LogP contribution is 2.42. The van der Waals surface area contributed by atoms with Gasteiger partial charge in [0, 0.05) is 24.9 Å². The van der Waals surface area contributed by atoms with Crippen molar-refractivity contribution < 1.29 is 8.78 Å². The lowest BCUT2D eigenvalue weighted by Gasteiger charge is -2.28. The zero-order chi connectivity index (χ0) is 23.2. The maximum absolute atomic E-state index is 14.9. The Morgan fingerprint density at radius 3 is 2.56 bits per heavy atom. The molecule has 3 aromatic heterocycles. The summed E-state index contributed by atoms with van der Waals surface area (Å²) in [5.41, 5.74) is 10.3. The van der Waals surface area contributed by atoms with Crippen molar-refractivity contribution in [3.63, 3.8) is 0 Å². The third-order valence-electron chi connectivity index (χ3n) is 7.27.